The maximum Gasteiger partial charge on any atom is 0.281 e. The highest BCUT2D eigenvalue weighted by molar-refractivity contribution is 6.33. The monoisotopic (exact) mass is 475 g/mol. The van der Waals surface area contributed by atoms with Crippen LogP contribution < -0.4 is 5.43 Å². The van der Waals surface area contributed by atoms with E-state index in [4.69, 9.17) is 16.0 Å². The van der Waals surface area contributed by atoms with Gasteiger partial charge in [-0.25, -0.2) is 5.43 Å². The summed E-state index contributed by atoms with van der Waals surface area (Å²) in [4.78, 5) is 23.6. The number of nitro benzene ring substituents is 1. The standard InChI is InChI=1S/C25H18ClN3O5/c26-22-13-11-19(29(32)33)15-21(22)23-14-12-20(34-23)16-27-28-24(30)25(31,17-7-3-1-4-8-17)18-9-5-2-6-10-18/h1-16,31H,(H,28,30)/b27-16-. The van der Waals surface area contributed by atoms with Crippen molar-refractivity contribution in [1.82, 2.24) is 5.43 Å². The molecule has 2 N–H and O–H groups in total. The highest BCUT2D eigenvalue weighted by atomic mass is 35.5. The predicted molar refractivity (Wildman–Crippen MR) is 127 cm³/mol. The van der Waals surface area contributed by atoms with Crippen LogP contribution in [0.4, 0.5) is 5.69 Å². The lowest BCUT2D eigenvalue weighted by atomic mass is 9.85. The molecular weight excluding hydrogens is 458 g/mol. The highest BCUT2D eigenvalue weighted by Crippen LogP contribution is 2.32. The quantitative estimate of drug-likeness (QED) is 0.224. The number of hydrogen-bond acceptors (Lipinski definition) is 6. The molecule has 0 fully saturated rings. The number of rotatable bonds is 7. The van der Waals surface area contributed by atoms with E-state index < -0.39 is 16.4 Å². The van der Waals surface area contributed by atoms with Crippen molar-refractivity contribution in [3.05, 3.63) is 123 Å². The maximum atomic E-state index is 13.0. The molecule has 8 nitrogen and oxygen atoms in total. The second-order valence-electron chi connectivity index (χ2n) is 7.26. The number of hydrazone groups is 1. The molecule has 1 amide bonds. The second-order valence-corrected chi connectivity index (χ2v) is 7.67. The van der Waals surface area contributed by atoms with Crippen LogP contribution in [0.25, 0.3) is 11.3 Å². The number of carbonyl (C=O) groups excluding carboxylic acids is 1. The van der Waals surface area contributed by atoms with Crippen molar-refractivity contribution in [3.8, 4) is 11.3 Å². The third-order valence-corrected chi connectivity index (χ3v) is 5.45. The summed E-state index contributed by atoms with van der Waals surface area (Å²) in [5.41, 5.74) is 1.38. The van der Waals surface area contributed by atoms with E-state index in [1.165, 1.54) is 24.4 Å². The number of furan rings is 1. The number of hydrogen-bond donors (Lipinski definition) is 2. The number of non-ortho nitro benzene ring substituents is 1. The molecular formula is C25H18ClN3O5. The molecule has 170 valence electrons. The molecule has 0 spiro atoms. The number of aliphatic hydroxyl groups is 1. The van der Waals surface area contributed by atoms with Gasteiger partial charge in [-0.3, -0.25) is 14.9 Å². The number of nitrogens with zero attached hydrogens (tertiary/aromatic N) is 2. The average Bonchev–Trinajstić information content (AvgIpc) is 3.33. The van der Waals surface area contributed by atoms with Gasteiger partial charge in [0.2, 0.25) is 0 Å². The zero-order chi connectivity index (χ0) is 24.1. The Hall–Kier alpha value is -4.27. The zero-order valence-electron chi connectivity index (χ0n) is 17.6. The summed E-state index contributed by atoms with van der Waals surface area (Å²) >= 11 is 6.16. The topological polar surface area (TPSA) is 118 Å². The van der Waals surface area contributed by atoms with Crippen molar-refractivity contribution in [1.29, 1.82) is 0 Å². The van der Waals surface area contributed by atoms with E-state index in [0.29, 0.717) is 22.5 Å². The molecule has 0 aliphatic heterocycles. The van der Waals surface area contributed by atoms with Crippen LogP contribution in [-0.2, 0) is 10.4 Å². The number of nitrogens with one attached hydrogen (secondary N) is 1. The summed E-state index contributed by atoms with van der Waals surface area (Å²) in [6.45, 7) is 0. The van der Waals surface area contributed by atoms with Gasteiger partial charge in [-0.1, -0.05) is 72.3 Å². The van der Waals surface area contributed by atoms with E-state index in [1.54, 1.807) is 72.8 Å². The summed E-state index contributed by atoms with van der Waals surface area (Å²) in [6.07, 6.45) is 1.25. The Morgan fingerprint density at radius 3 is 2.21 bits per heavy atom. The van der Waals surface area contributed by atoms with Crippen molar-refractivity contribution in [2.75, 3.05) is 0 Å². The minimum absolute atomic E-state index is 0.126. The minimum Gasteiger partial charge on any atom is -0.455 e. The first-order valence-corrected chi connectivity index (χ1v) is 10.5. The Morgan fingerprint density at radius 1 is 1.00 bits per heavy atom. The van der Waals surface area contributed by atoms with Crippen molar-refractivity contribution in [2.45, 2.75) is 5.60 Å². The summed E-state index contributed by atoms with van der Waals surface area (Å²) in [5.74, 6) is -0.193. The lowest BCUT2D eigenvalue weighted by molar-refractivity contribution is -0.384. The largest absolute Gasteiger partial charge is 0.455 e. The van der Waals surface area contributed by atoms with E-state index in [2.05, 4.69) is 10.5 Å². The number of halogens is 1. The molecule has 0 bridgehead atoms. The van der Waals surface area contributed by atoms with E-state index in [0.717, 1.165) is 0 Å². The van der Waals surface area contributed by atoms with Gasteiger partial charge in [-0.05, 0) is 29.3 Å². The minimum atomic E-state index is -1.97. The Labute approximate surface area is 199 Å². The van der Waals surface area contributed by atoms with Crippen LogP contribution in [0.2, 0.25) is 5.02 Å². The van der Waals surface area contributed by atoms with Gasteiger partial charge in [0.15, 0.2) is 5.60 Å². The van der Waals surface area contributed by atoms with Gasteiger partial charge in [-0.2, -0.15) is 5.10 Å². The summed E-state index contributed by atoms with van der Waals surface area (Å²) in [6, 6.07) is 24.3. The summed E-state index contributed by atoms with van der Waals surface area (Å²) in [7, 11) is 0. The number of amides is 1. The molecule has 9 heteroatoms. The van der Waals surface area contributed by atoms with E-state index >= 15 is 0 Å². The smallest absolute Gasteiger partial charge is 0.281 e. The van der Waals surface area contributed by atoms with Gasteiger partial charge in [-0.15, -0.1) is 0 Å². The van der Waals surface area contributed by atoms with Crippen LogP contribution in [0.5, 0.6) is 0 Å². The van der Waals surface area contributed by atoms with Crippen molar-refractivity contribution < 1.29 is 19.2 Å². The molecule has 1 aromatic heterocycles. The molecule has 1 heterocycles. The van der Waals surface area contributed by atoms with Crippen LogP contribution >= 0.6 is 11.6 Å². The SMILES string of the molecule is O=C(N/N=C\c1ccc(-c2cc([N+](=O)[O-])ccc2Cl)o1)C(O)(c1ccccc1)c1ccccc1. The molecule has 0 unspecified atom stereocenters. The molecule has 0 radical (unpaired) electrons. The molecule has 0 saturated carbocycles. The van der Waals surface area contributed by atoms with Crippen LogP contribution in [0, 0.1) is 10.1 Å². The predicted octanol–water partition coefficient (Wildman–Crippen LogP) is 4.89. The zero-order valence-corrected chi connectivity index (χ0v) is 18.3. The number of nitro groups is 1. The molecule has 0 aliphatic carbocycles. The Kier molecular flexibility index (Phi) is 6.53. The fraction of sp³-hybridized carbons (Fsp3) is 0.0400. The van der Waals surface area contributed by atoms with Crippen LogP contribution in [-0.4, -0.2) is 22.2 Å². The van der Waals surface area contributed by atoms with E-state index in [9.17, 15) is 20.0 Å². The average molecular weight is 476 g/mol. The highest BCUT2D eigenvalue weighted by Gasteiger charge is 2.39. The van der Waals surface area contributed by atoms with E-state index in [1.807, 2.05) is 0 Å². The first-order chi connectivity index (χ1) is 16.4. The molecule has 3 aromatic carbocycles. The normalized spacial score (nSPS) is 11.5. The molecule has 0 atom stereocenters. The molecule has 0 aliphatic rings. The van der Waals surface area contributed by atoms with Crippen LogP contribution in [0.15, 0.2) is 101 Å². The fourth-order valence-electron chi connectivity index (χ4n) is 3.41. The first-order valence-electron chi connectivity index (χ1n) is 10.1. The maximum absolute atomic E-state index is 13.0. The van der Waals surface area contributed by atoms with E-state index in [-0.39, 0.29) is 16.5 Å². The second kappa shape index (κ2) is 9.70. The van der Waals surface area contributed by atoms with Crippen LogP contribution in [0.3, 0.4) is 0 Å². The molecule has 4 aromatic rings. The van der Waals surface area contributed by atoms with Gasteiger partial charge in [0, 0.05) is 17.7 Å². The van der Waals surface area contributed by atoms with Gasteiger partial charge >= 0.3 is 0 Å². The van der Waals surface area contributed by atoms with Gasteiger partial charge in [0.25, 0.3) is 11.6 Å². The summed E-state index contributed by atoms with van der Waals surface area (Å²) in [5, 5.41) is 26.6. The Bertz CT molecular complexity index is 1310. The molecule has 0 saturated heterocycles. The summed E-state index contributed by atoms with van der Waals surface area (Å²) < 4.78 is 5.65. The third kappa shape index (κ3) is 4.59. The Morgan fingerprint density at radius 2 is 1.62 bits per heavy atom. The van der Waals surface area contributed by atoms with Gasteiger partial charge < -0.3 is 9.52 Å². The first kappa shape index (κ1) is 22.9. The molecule has 34 heavy (non-hydrogen) atoms. The number of carbonyl (C=O) groups is 1. The lowest BCUT2D eigenvalue weighted by Crippen LogP contribution is -2.43. The van der Waals surface area contributed by atoms with Crippen LogP contribution in [0.1, 0.15) is 16.9 Å². The van der Waals surface area contributed by atoms with Crippen molar-refractivity contribution in [2.24, 2.45) is 5.10 Å². The van der Waals surface area contributed by atoms with Gasteiger partial charge in [0.1, 0.15) is 11.5 Å². The molecule has 4 rings (SSSR count). The Balaban J connectivity index is 1.56. The number of benzene rings is 3. The fourth-order valence-corrected chi connectivity index (χ4v) is 3.62. The third-order valence-electron chi connectivity index (χ3n) is 5.12. The van der Waals surface area contributed by atoms with Crippen molar-refractivity contribution in [3.63, 3.8) is 0 Å². The lowest BCUT2D eigenvalue weighted by Gasteiger charge is -2.26. The van der Waals surface area contributed by atoms with Crippen molar-refractivity contribution >= 4 is 29.4 Å². The van der Waals surface area contributed by atoms with Gasteiger partial charge in [0.05, 0.1) is 16.2 Å².